The fraction of sp³-hybridized carbons (Fsp3) is 0.833. The monoisotopic (exact) mass is 242 g/mol. The highest BCUT2D eigenvalue weighted by atomic mass is 16.4. The lowest BCUT2D eigenvalue weighted by Crippen LogP contribution is -2.46. The lowest BCUT2D eigenvalue weighted by atomic mass is 9.85. The number of aliphatic carboxylic acids is 1. The van der Waals surface area contributed by atoms with Gasteiger partial charge in [0.25, 0.3) is 0 Å². The van der Waals surface area contributed by atoms with Gasteiger partial charge in [0.1, 0.15) is 6.54 Å². The summed E-state index contributed by atoms with van der Waals surface area (Å²) in [6.07, 6.45) is 4.39. The van der Waals surface area contributed by atoms with Gasteiger partial charge in [0.05, 0.1) is 0 Å². The van der Waals surface area contributed by atoms with Crippen LogP contribution in [0.15, 0.2) is 0 Å². The van der Waals surface area contributed by atoms with E-state index in [2.05, 4.69) is 0 Å². The van der Waals surface area contributed by atoms with Gasteiger partial charge in [-0.1, -0.05) is 13.3 Å². The summed E-state index contributed by atoms with van der Waals surface area (Å²) < 4.78 is 0. The van der Waals surface area contributed by atoms with Gasteiger partial charge in [-0.05, 0) is 25.2 Å². The van der Waals surface area contributed by atoms with Crippen molar-refractivity contribution in [1.82, 2.24) is 9.80 Å². The van der Waals surface area contributed by atoms with Crippen molar-refractivity contribution in [2.45, 2.75) is 32.6 Å². The van der Waals surface area contributed by atoms with Crippen LogP contribution in [0.5, 0.6) is 0 Å². The Morgan fingerprint density at radius 1 is 1.35 bits per heavy atom. The molecule has 0 heterocycles. The maximum atomic E-state index is 12.0. The zero-order valence-corrected chi connectivity index (χ0v) is 10.7. The molecule has 0 bridgehead atoms. The Balaban J connectivity index is 2.46. The van der Waals surface area contributed by atoms with Crippen molar-refractivity contribution >= 4 is 12.0 Å². The first kappa shape index (κ1) is 13.8. The van der Waals surface area contributed by atoms with Crippen LogP contribution in [0.2, 0.25) is 0 Å². The van der Waals surface area contributed by atoms with Crippen LogP contribution < -0.4 is 0 Å². The average Bonchev–Trinajstić information content (AvgIpc) is 2.21. The molecule has 1 saturated carbocycles. The molecule has 2 amide bonds. The third-order valence-electron chi connectivity index (χ3n) is 3.17. The number of carbonyl (C=O) groups is 2. The highest BCUT2D eigenvalue weighted by Gasteiger charge is 2.24. The van der Waals surface area contributed by atoms with Gasteiger partial charge in [-0.2, -0.15) is 0 Å². The Hall–Kier alpha value is -1.26. The Morgan fingerprint density at radius 2 is 2.00 bits per heavy atom. The minimum absolute atomic E-state index is 0.166. The Morgan fingerprint density at radius 3 is 2.41 bits per heavy atom. The van der Waals surface area contributed by atoms with Crippen LogP contribution in [0, 0.1) is 5.92 Å². The molecule has 98 valence electrons. The zero-order chi connectivity index (χ0) is 12.8. The minimum atomic E-state index is -0.955. The summed E-state index contributed by atoms with van der Waals surface area (Å²) in [4.78, 5) is 25.8. The maximum absolute atomic E-state index is 12.0. The molecule has 0 aromatic rings. The van der Waals surface area contributed by atoms with Gasteiger partial charge in [-0.3, -0.25) is 4.79 Å². The van der Waals surface area contributed by atoms with Gasteiger partial charge in [0.15, 0.2) is 0 Å². The molecule has 5 heteroatoms. The largest absolute Gasteiger partial charge is 0.480 e. The van der Waals surface area contributed by atoms with Gasteiger partial charge >= 0.3 is 12.0 Å². The quantitative estimate of drug-likeness (QED) is 0.770. The molecule has 0 aromatic carbocycles. The SMILES string of the molecule is CCCN(CC(=O)O)C(=O)N(C)CC1CCC1. The average molecular weight is 242 g/mol. The van der Waals surface area contributed by atoms with Crippen molar-refractivity contribution in [2.75, 3.05) is 26.7 Å². The normalized spacial score (nSPS) is 15.2. The number of rotatable bonds is 6. The van der Waals surface area contributed by atoms with Crippen LogP contribution in [0.1, 0.15) is 32.6 Å². The lowest BCUT2D eigenvalue weighted by Gasteiger charge is -2.33. The van der Waals surface area contributed by atoms with Crippen LogP contribution >= 0.6 is 0 Å². The summed E-state index contributed by atoms with van der Waals surface area (Å²) in [6, 6.07) is -0.166. The molecule has 5 nitrogen and oxygen atoms in total. The number of carboxylic acids is 1. The summed E-state index contributed by atoms with van der Waals surface area (Å²) in [5.74, 6) is -0.346. The number of hydrogen-bond donors (Lipinski definition) is 1. The zero-order valence-electron chi connectivity index (χ0n) is 10.7. The standard InChI is InChI=1S/C12H22N2O3/c1-3-7-14(9-11(15)16)12(17)13(2)8-10-5-4-6-10/h10H,3-9H2,1-2H3,(H,15,16). The van der Waals surface area contributed by atoms with Crippen molar-refractivity contribution < 1.29 is 14.7 Å². The number of urea groups is 1. The highest BCUT2D eigenvalue weighted by Crippen LogP contribution is 2.26. The molecule has 17 heavy (non-hydrogen) atoms. The molecule has 1 N–H and O–H groups in total. The minimum Gasteiger partial charge on any atom is -0.480 e. The van der Waals surface area contributed by atoms with E-state index in [1.54, 1.807) is 11.9 Å². The highest BCUT2D eigenvalue weighted by molar-refractivity contribution is 5.80. The summed E-state index contributed by atoms with van der Waals surface area (Å²) in [6.45, 7) is 2.98. The van der Waals surface area contributed by atoms with Crippen molar-refractivity contribution in [1.29, 1.82) is 0 Å². The third-order valence-corrected chi connectivity index (χ3v) is 3.17. The topological polar surface area (TPSA) is 60.9 Å². The van der Waals surface area contributed by atoms with Crippen molar-refractivity contribution in [3.8, 4) is 0 Å². The second kappa shape index (κ2) is 6.47. The summed E-state index contributed by atoms with van der Waals surface area (Å²) in [7, 11) is 1.76. The predicted octanol–water partition coefficient (Wildman–Crippen LogP) is 1.63. The Labute approximate surface area is 102 Å². The Bertz CT molecular complexity index is 277. The summed E-state index contributed by atoms with van der Waals surface area (Å²) in [5.41, 5.74) is 0. The summed E-state index contributed by atoms with van der Waals surface area (Å²) >= 11 is 0. The molecule has 0 atom stereocenters. The first-order valence-corrected chi connectivity index (χ1v) is 6.26. The first-order chi connectivity index (χ1) is 8.04. The van der Waals surface area contributed by atoms with Gasteiger partial charge < -0.3 is 14.9 Å². The smallest absolute Gasteiger partial charge is 0.323 e. The van der Waals surface area contributed by atoms with E-state index in [0.717, 1.165) is 13.0 Å². The van der Waals surface area contributed by atoms with Crippen molar-refractivity contribution in [2.24, 2.45) is 5.92 Å². The first-order valence-electron chi connectivity index (χ1n) is 6.26. The number of nitrogens with zero attached hydrogens (tertiary/aromatic N) is 2. The maximum Gasteiger partial charge on any atom is 0.323 e. The molecule has 0 spiro atoms. The van der Waals surface area contributed by atoms with Crippen LogP contribution in [-0.2, 0) is 4.79 Å². The fourth-order valence-corrected chi connectivity index (χ4v) is 2.06. The van der Waals surface area contributed by atoms with E-state index in [-0.39, 0.29) is 12.6 Å². The Kier molecular flexibility index (Phi) is 5.25. The molecule has 0 saturated heterocycles. The fourth-order valence-electron chi connectivity index (χ4n) is 2.06. The van der Waals surface area contributed by atoms with E-state index < -0.39 is 5.97 Å². The predicted molar refractivity (Wildman–Crippen MR) is 64.9 cm³/mol. The molecule has 1 aliphatic carbocycles. The molecule has 0 aromatic heterocycles. The van der Waals surface area contributed by atoms with E-state index in [4.69, 9.17) is 5.11 Å². The molecule has 1 fully saturated rings. The molecular weight excluding hydrogens is 220 g/mol. The van der Waals surface area contributed by atoms with Crippen LogP contribution in [0.4, 0.5) is 4.79 Å². The second-order valence-electron chi connectivity index (χ2n) is 4.78. The number of carboxylic acid groups (broad SMARTS) is 1. The number of hydrogen-bond acceptors (Lipinski definition) is 2. The van der Waals surface area contributed by atoms with E-state index in [9.17, 15) is 9.59 Å². The van der Waals surface area contributed by atoms with Crippen molar-refractivity contribution in [3.63, 3.8) is 0 Å². The number of amides is 2. The van der Waals surface area contributed by atoms with E-state index in [0.29, 0.717) is 12.5 Å². The van der Waals surface area contributed by atoms with E-state index in [1.807, 2.05) is 6.92 Å². The van der Waals surface area contributed by atoms with E-state index >= 15 is 0 Å². The molecule has 0 unspecified atom stereocenters. The van der Waals surface area contributed by atoms with Gasteiger partial charge in [-0.15, -0.1) is 0 Å². The molecule has 0 radical (unpaired) electrons. The van der Waals surface area contributed by atoms with Crippen LogP contribution in [-0.4, -0.2) is 53.6 Å². The molecular formula is C12H22N2O3. The molecule has 1 aliphatic rings. The lowest BCUT2D eigenvalue weighted by molar-refractivity contribution is -0.137. The van der Waals surface area contributed by atoms with Crippen LogP contribution in [0.3, 0.4) is 0 Å². The second-order valence-corrected chi connectivity index (χ2v) is 4.78. The van der Waals surface area contributed by atoms with Gasteiger partial charge in [-0.25, -0.2) is 4.79 Å². The van der Waals surface area contributed by atoms with Crippen molar-refractivity contribution in [3.05, 3.63) is 0 Å². The third kappa shape index (κ3) is 4.24. The summed E-state index contributed by atoms with van der Waals surface area (Å²) in [5, 5.41) is 8.77. The van der Waals surface area contributed by atoms with Crippen LogP contribution in [0.25, 0.3) is 0 Å². The molecule has 0 aliphatic heterocycles. The molecule has 1 rings (SSSR count). The number of carbonyl (C=O) groups excluding carboxylic acids is 1. The van der Waals surface area contributed by atoms with Gasteiger partial charge in [0, 0.05) is 20.1 Å². The van der Waals surface area contributed by atoms with E-state index in [1.165, 1.54) is 24.2 Å². The van der Waals surface area contributed by atoms with Gasteiger partial charge in [0.2, 0.25) is 0 Å².